The van der Waals surface area contributed by atoms with Crippen LogP contribution in [-0.4, -0.2) is 10.7 Å². The maximum absolute atomic E-state index is 9.74. The first-order chi connectivity index (χ1) is 5.16. The minimum Gasteiger partial charge on any atom is -0.390 e. The van der Waals surface area contributed by atoms with Gasteiger partial charge in [-0.2, -0.15) is 0 Å². The highest BCUT2D eigenvalue weighted by atomic mass is 16.3. The third-order valence-corrected chi connectivity index (χ3v) is 2.35. The van der Waals surface area contributed by atoms with Crippen LogP contribution >= 0.6 is 0 Å². The van der Waals surface area contributed by atoms with Crippen LogP contribution in [0.15, 0.2) is 0 Å². The normalized spacial score (nSPS) is 35.4. The highest BCUT2D eigenvalue weighted by Crippen LogP contribution is 2.40. The molecule has 1 saturated carbocycles. The summed E-state index contributed by atoms with van der Waals surface area (Å²) < 4.78 is 0. The molecule has 1 nitrogen and oxygen atoms in total. The van der Waals surface area contributed by atoms with E-state index in [4.69, 9.17) is 0 Å². The third-order valence-electron chi connectivity index (χ3n) is 2.35. The summed E-state index contributed by atoms with van der Waals surface area (Å²) in [6.45, 7) is 4.02. The van der Waals surface area contributed by atoms with Gasteiger partial charge in [-0.3, -0.25) is 0 Å². The Labute approximate surface area is 68.8 Å². The van der Waals surface area contributed by atoms with Gasteiger partial charge in [0.2, 0.25) is 0 Å². The number of aliphatic hydroxyl groups is 1. The molecule has 1 aliphatic carbocycles. The molecule has 0 unspecified atom stereocenters. The van der Waals surface area contributed by atoms with Crippen molar-refractivity contribution in [2.75, 3.05) is 0 Å². The Bertz CT molecular complexity index is 179. The van der Waals surface area contributed by atoms with Crippen molar-refractivity contribution in [3.63, 3.8) is 0 Å². The van der Waals surface area contributed by atoms with Crippen molar-refractivity contribution in [1.29, 1.82) is 0 Å². The van der Waals surface area contributed by atoms with Crippen LogP contribution in [0.2, 0.25) is 0 Å². The van der Waals surface area contributed by atoms with Crippen molar-refractivity contribution in [3.05, 3.63) is 0 Å². The number of rotatable bonds is 2. The second-order valence-electron chi connectivity index (χ2n) is 3.66. The lowest BCUT2D eigenvalue weighted by Crippen LogP contribution is -2.42. The van der Waals surface area contributed by atoms with Crippen molar-refractivity contribution < 1.29 is 5.11 Å². The molecule has 1 heteroatoms. The van der Waals surface area contributed by atoms with E-state index in [0.717, 1.165) is 31.6 Å². The lowest BCUT2D eigenvalue weighted by Gasteiger charge is -2.41. The van der Waals surface area contributed by atoms with E-state index < -0.39 is 0 Å². The largest absolute Gasteiger partial charge is 0.390 e. The van der Waals surface area contributed by atoms with Gasteiger partial charge >= 0.3 is 0 Å². The van der Waals surface area contributed by atoms with Gasteiger partial charge in [0.15, 0.2) is 0 Å². The van der Waals surface area contributed by atoms with Gasteiger partial charge in [-0.1, -0.05) is 6.92 Å². The Kier molecular flexibility index (Phi) is 2.57. The SMILES string of the molecule is CC#CCCC1(O)CC(C)C1. The molecule has 62 valence electrons. The molecule has 0 aromatic carbocycles. The van der Waals surface area contributed by atoms with Crippen molar-refractivity contribution in [2.24, 2.45) is 5.92 Å². The molecule has 0 saturated heterocycles. The molecule has 11 heavy (non-hydrogen) atoms. The Balaban J connectivity index is 2.20. The molecule has 0 radical (unpaired) electrons. The molecule has 0 amide bonds. The van der Waals surface area contributed by atoms with Crippen LogP contribution < -0.4 is 0 Å². The van der Waals surface area contributed by atoms with Gasteiger partial charge in [0.05, 0.1) is 5.60 Å². The average Bonchev–Trinajstić information content (AvgIpc) is 1.85. The lowest BCUT2D eigenvalue weighted by atomic mass is 9.70. The summed E-state index contributed by atoms with van der Waals surface area (Å²) in [5.74, 6) is 6.53. The molecule has 0 aromatic heterocycles. The Morgan fingerprint density at radius 3 is 2.64 bits per heavy atom. The zero-order valence-corrected chi connectivity index (χ0v) is 7.35. The first-order valence-electron chi connectivity index (χ1n) is 4.28. The molecule has 1 N–H and O–H groups in total. The van der Waals surface area contributed by atoms with E-state index in [0.29, 0.717) is 0 Å². The summed E-state index contributed by atoms with van der Waals surface area (Å²) in [7, 11) is 0. The number of hydrogen-bond donors (Lipinski definition) is 1. The highest BCUT2D eigenvalue weighted by molar-refractivity contribution is 5.00. The zero-order chi connectivity index (χ0) is 8.32. The Morgan fingerprint density at radius 1 is 1.55 bits per heavy atom. The fraction of sp³-hybridized carbons (Fsp3) is 0.800. The fourth-order valence-corrected chi connectivity index (χ4v) is 1.86. The van der Waals surface area contributed by atoms with E-state index in [1.807, 2.05) is 6.92 Å². The average molecular weight is 152 g/mol. The van der Waals surface area contributed by atoms with Crippen LogP contribution in [0, 0.1) is 17.8 Å². The minimum atomic E-state index is -0.358. The van der Waals surface area contributed by atoms with E-state index in [-0.39, 0.29) is 5.60 Å². The molecule has 0 atom stereocenters. The standard InChI is InChI=1S/C10H16O/c1-3-4-5-6-10(11)7-9(2)8-10/h9,11H,5-8H2,1-2H3. The summed E-state index contributed by atoms with van der Waals surface area (Å²) in [6, 6.07) is 0. The van der Waals surface area contributed by atoms with Crippen LogP contribution in [0.3, 0.4) is 0 Å². The van der Waals surface area contributed by atoms with Crippen LogP contribution in [-0.2, 0) is 0 Å². The molecule has 0 aromatic rings. The van der Waals surface area contributed by atoms with Gasteiger partial charge in [0.25, 0.3) is 0 Å². The molecule has 0 bridgehead atoms. The zero-order valence-electron chi connectivity index (χ0n) is 7.35. The summed E-state index contributed by atoms with van der Waals surface area (Å²) in [5.41, 5.74) is -0.358. The topological polar surface area (TPSA) is 20.2 Å². The predicted octanol–water partition coefficient (Wildman–Crippen LogP) is 1.95. The van der Waals surface area contributed by atoms with E-state index in [9.17, 15) is 5.11 Å². The first-order valence-corrected chi connectivity index (χ1v) is 4.28. The minimum absolute atomic E-state index is 0.358. The van der Waals surface area contributed by atoms with Gasteiger partial charge < -0.3 is 5.11 Å². The predicted molar refractivity (Wildman–Crippen MR) is 46.0 cm³/mol. The lowest BCUT2D eigenvalue weighted by molar-refractivity contribution is -0.0723. The van der Waals surface area contributed by atoms with Gasteiger partial charge in [-0.25, -0.2) is 0 Å². The van der Waals surface area contributed by atoms with Crippen LogP contribution in [0.25, 0.3) is 0 Å². The molecular weight excluding hydrogens is 136 g/mol. The van der Waals surface area contributed by atoms with Crippen molar-refractivity contribution >= 4 is 0 Å². The summed E-state index contributed by atoms with van der Waals surface area (Å²) in [6.07, 6.45) is 3.65. The van der Waals surface area contributed by atoms with Crippen LogP contribution in [0.5, 0.6) is 0 Å². The quantitative estimate of drug-likeness (QED) is 0.600. The van der Waals surface area contributed by atoms with Gasteiger partial charge in [0.1, 0.15) is 0 Å². The summed E-state index contributed by atoms with van der Waals surface area (Å²) in [5, 5.41) is 9.74. The fourth-order valence-electron chi connectivity index (χ4n) is 1.86. The first kappa shape index (κ1) is 8.62. The molecule has 0 spiro atoms. The van der Waals surface area contributed by atoms with Gasteiger partial charge in [-0.15, -0.1) is 11.8 Å². The molecule has 1 aliphatic rings. The van der Waals surface area contributed by atoms with Crippen molar-refractivity contribution in [2.45, 2.75) is 45.1 Å². The van der Waals surface area contributed by atoms with E-state index in [1.54, 1.807) is 0 Å². The highest BCUT2D eigenvalue weighted by Gasteiger charge is 2.38. The van der Waals surface area contributed by atoms with Gasteiger partial charge in [0, 0.05) is 6.42 Å². The monoisotopic (exact) mass is 152 g/mol. The van der Waals surface area contributed by atoms with E-state index in [1.165, 1.54) is 0 Å². The smallest absolute Gasteiger partial charge is 0.0662 e. The summed E-state index contributed by atoms with van der Waals surface area (Å²) >= 11 is 0. The Morgan fingerprint density at radius 2 is 2.18 bits per heavy atom. The summed E-state index contributed by atoms with van der Waals surface area (Å²) in [4.78, 5) is 0. The van der Waals surface area contributed by atoms with Crippen molar-refractivity contribution in [1.82, 2.24) is 0 Å². The molecular formula is C10H16O. The van der Waals surface area contributed by atoms with Crippen molar-refractivity contribution in [3.8, 4) is 11.8 Å². The second-order valence-corrected chi connectivity index (χ2v) is 3.66. The molecule has 0 heterocycles. The van der Waals surface area contributed by atoms with E-state index in [2.05, 4.69) is 18.8 Å². The molecule has 1 fully saturated rings. The molecule has 1 rings (SSSR count). The van der Waals surface area contributed by atoms with E-state index >= 15 is 0 Å². The van der Waals surface area contributed by atoms with Gasteiger partial charge in [-0.05, 0) is 32.1 Å². The van der Waals surface area contributed by atoms with Crippen LogP contribution in [0.4, 0.5) is 0 Å². The molecule has 0 aliphatic heterocycles. The third kappa shape index (κ3) is 2.24. The number of hydrogen-bond acceptors (Lipinski definition) is 1. The second kappa shape index (κ2) is 3.28. The maximum Gasteiger partial charge on any atom is 0.0662 e. The maximum atomic E-state index is 9.74. The Hall–Kier alpha value is -0.480. The van der Waals surface area contributed by atoms with Crippen LogP contribution in [0.1, 0.15) is 39.5 Å².